The molecular weight excluding hydrogens is 428 g/mol. The van der Waals surface area contributed by atoms with E-state index in [1.807, 2.05) is 13.8 Å². The van der Waals surface area contributed by atoms with Gasteiger partial charge in [0.25, 0.3) is 15.9 Å². The number of amides is 1. The molecule has 0 aliphatic carbocycles. The quantitative estimate of drug-likeness (QED) is 0.667. The minimum Gasteiger partial charge on any atom is -0.465 e. The van der Waals surface area contributed by atoms with Gasteiger partial charge in [-0.05, 0) is 38.3 Å². The summed E-state index contributed by atoms with van der Waals surface area (Å²) in [5.41, 5.74) is 1.93. The predicted molar refractivity (Wildman–Crippen MR) is 112 cm³/mol. The van der Waals surface area contributed by atoms with Gasteiger partial charge < -0.3 is 9.64 Å². The highest BCUT2D eigenvalue weighted by atomic mass is 32.2. The first-order chi connectivity index (χ1) is 14.1. The summed E-state index contributed by atoms with van der Waals surface area (Å²) in [5.74, 6) is -0.863. The number of thiophene rings is 1. The summed E-state index contributed by atoms with van der Waals surface area (Å²) in [6, 6.07) is 1.45. The molecule has 0 spiro atoms. The van der Waals surface area contributed by atoms with Crippen molar-refractivity contribution in [1.29, 1.82) is 0 Å². The van der Waals surface area contributed by atoms with Crippen LogP contribution in [0.2, 0.25) is 0 Å². The fourth-order valence-electron chi connectivity index (χ4n) is 3.42. The van der Waals surface area contributed by atoms with E-state index in [4.69, 9.17) is 4.74 Å². The fourth-order valence-corrected chi connectivity index (χ4v) is 6.67. The van der Waals surface area contributed by atoms with Gasteiger partial charge in [0.1, 0.15) is 9.90 Å². The first-order valence-electron chi connectivity index (χ1n) is 9.64. The second-order valence-electron chi connectivity index (χ2n) is 7.36. The van der Waals surface area contributed by atoms with E-state index in [0.29, 0.717) is 35.5 Å². The molecule has 0 aromatic carbocycles. The van der Waals surface area contributed by atoms with Gasteiger partial charge in [-0.25, -0.2) is 17.9 Å². The molecule has 0 saturated carbocycles. The Balaban J connectivity index is 1.99. The van der Waals surface area contributed by atoms with Crippen molar-refractivity contribution < 1.29 is 22.7 Å². The number of rotatable bonds is 6. The normalized spacial score (nSPS) is 15.0. The summed E-state index contributed by atoms with van der Waals surface area (Å²) < 4.78 is 34.8. The van der Waals surface area contributed by atoms with Gasteiger partial charge in [-0.3, -0.25) is 9.48 Å². The molecule has 0 radical (unpaired) electrons. The Hall–Kier alpha value is -2.24. The van der Waals surface area contributed by atoms with Crippen molar-refractivity contribution in [2.75, 3.05) is 13.7 Å². The van der Waals surface area contributed by atoms with Crippen LogP contribution in [0.4, 0.5) is 0 Å². The predicted octanol–water partition coefficient (Wildman–Crippen LogP) is 1.85. The molecule has 2 aromatic rings. The maximum atomic E-state index is 13.0. The van der Waals surface area contributed by atoms with Crippen LogP contribution < -0.4 is 4.72 Å². The van der Waals surface area contributed by atoms with Crippen LogP contribution in [0.25, 0.3) is 0 Å². The van der Waals surface area contributed by atoms with Crippen LogP contribution in [-0.2, 0) is 34.8 Å². The smallest absolute Gasteiger partial charge is 0.340 e. The van der Waals surface area contributed by atoms with Crippen molar-refractivity contribution in [2.45, 2.75) is 50.4 Å². The van der Waals surface area contributed by atoms with Crippen LogP contribution in [0.3, 0.4) is 0 Å². The third-order valence-corrected chi connectivity index (χ3v) is 8.46. The molecular formula is C19H26N4O5S2. The maximum Gasteiger partial charge on any atom is 0.340 e. The van der Waals surface area contributed by atoms with Gasteiger partial charge in [-0.1, -0.05) is 6.92 Å². The van der Waals surface area contributed by atoms with Gasteiger partial charge in [-0.15, -0.1) is 11.3 Å². The minimum absolute atomic E-state index is 0.0506. The molecule has 1 atom stereocenters. The Morgan fingerprint density at radius 1 is 1.40 bits per heavy atom. The van der Waals surface area contributed by atoms with Gasteiger partial charge in [-0.2, -0.15) is 5.10 Å². The zero-order valence-electron chi connectivity index (χ0n) is 17.7. The summed E-state index contributed by atoms with van der Waals surface area (Å²) >= 11 is 1.02. The Kier molecular flexibility index (Phi) is 6.34. The van der Waals surface area contributed by atoms with E-state index < -0.39 is 16.0 Å². The SMILES string of the molecule is CCC(C)NS(=O)(=O)c1sc2c(c1C(=O)OC)CCN(C(=O)c1cc(C)nn1C)C2. The Labute approximate surface area is 180 Å². The second-order valence-corrected chi connectivity index (χ2v) is 10.4. The number of aromatic nitrogens is 2. The summed E-state index contributed by atoms with van der Waals surface area (Å²) in [7, 11) is -0.954. The molecule has 9 nitrogen and oxygen atoms in total. The van der Waals surface area contributed by atoms with Crippen molar-refractivity contribution in [3.63, 3.8) is 0 Å². The van der Waals surface area contributed by atoms with E-state index in [9.17, 15) is 18.0 Å². The lowest BCUT2D eigenvalue weighted by Crippen LogP contribution is -2.36. The Morgan fingerprint density at radius 2 is 2.10 bits per heavy atom. The van der Waals surface area contributed by atoms with Crippen molar-refractivity contribution in [3.8, 4) is 0 Å². The average Bonchev–Trinajstić information content (AvgIpc) is 3.25. The molecule has 1 amide bonds. The van der Waals surface area contributed by atoms with E-state index in [1.165, 1.54) is 11.8 Å². The van der Waals surface area contributed by atoms with Crippen molar-refractivity contribution in [2.24, 2.45) is 7.05 Å². The molecule has 164 valence electrons. The van der Waals surface area contributed by atoms with Crippen molar-refractivity contribution >= 4 is 33.2 Å². The van der Waals surface area contributed by atoms with Gasteiger partial charge >= 0.3 is 5.97 Å². The molecule has 2 aromatic heterocycles. The number of sulfonamides is 1. The van der Waals surface area contributed by atoms with E-state index in [1.54, 1.807) is 24.9 Å². The van der Waals surface area contributed by atoms with Crippen LogP contribution >= 0.6 is 11.3 Å². The summed E-state index contributed by atoms with van der Waals surface area (Å²) in [5, 5.41) is 4.21. The lowest BCUT2D eigenvalue weighted by atomic mass is 10.0. The highest BCUT2D eigenvalue weighted by molar-refractivity contribution is 7.91. The zero-order chi connectivity index (χ0) is 22.2. The number of esters is 1. The second kappa shape index (κ2) is 8.48. The molecule has 3 heterocycles. The number of methoxy groups -OCH3 is 1. The molecule has 30 heavy (non-hydrogen) atoms. The molecule has 1 aliphatic rings. The summed E-state index contributed by atoms with van der Waals surface area (Å²) in [4.78, 5) is 27.7. The van der Waals surface area contributed by atoms with Gasteiger partial charge in [0, 0.05) is 24.5 Å². The Bertz CT molecular complexity index is 1090. The molecule has 3 rings (SSSR count). The topological polar surface area (TPSA) is 111 Å². The summed E-state index contributed by atoms with van der Waals surface area (Å²) in [6.07, 6.45) is 0.988. The van der Waals surface area contributed by atoms with Crippen molar-refractivity contribution in [3.05, 3.63) is 33.5 Å². The molecule has 1 unspecified atom stereocenters. The number of nitrogens with one attached hydrogen (secondary N) is 1. The molecule has 0 saturated heterocycles. The molecule has 1 aliphatic heterocycles. The minimum atomic E-state index is -3.89. The first-order valence-corrected chi connectivity index (χ1v) is 11.9. The third-order valence-electron chi connectivity index (χ3n) is 5.14. The number of hydrogen-bond acceptors (Lipinski definition) is 7. The standard InChI is InChI=1S/C19H26N4O5S2/c1-6-11(2)21-30(26,27)19-16(18(25)28-5)13-7-8-23(10-15(13)29-19)17(24)14-9-12(3)20-22(14)4/h9,11,21H,6-8,10H2,1-5H3. The van der Waals surface area contributed by atoms with Crippen molar-refractivity contribution in [1.82, 2.24) is 19.4 Å². The maximum absolute atomic E-state index is 13.0. The van der Waals surface area contributed by atoms with E-state index >= 15 is 0 Å². The van der Waals surface area contributed by atoms with E-state index in [2.05, 4.69) is 9.82 Å². The first kappa shape index (κ1) is 22.4. The number of carbonyl (C=O) groups is 2. The molecule has 0 bridgehead atoms. The highest BCUT2D eigenvalue weighted by Gasteiger charge is 2.35. The third kappa shape index (κ3) is 4.14. The fraction of sp³-hybridized carbons (Fsp3) is 0.526. The number of carbonyl (C=O) groups excluding carboxylic acids is 2. The van der Waals surface area contributed by atoms with Crippen LogP contribution in [0, 0.1) is 6.92 Å². The number of aryl methyl sites for hydroxylation is 2. The molecule has 1 N–H and O–H groups in total. The number of hydrogen-bond donors (Lipinski definition) is 1. The largest absolute Gasteiger partial charge is 0.465 e. The van der Waals surface area contributed by atoms with Crippen LogP contribution in [0.5, 0.6) is 0 Å². The van der Waals surface area contributed by atoms with Gasteiger partial charge in [0.05, 0.1) is 24.9 Å². The van der Waals surface area contributed by atoms with Crippen LogP contribution in [0.15, 0.2) is 10.3 Å². The monoisotopic (exact) mass is 454 g/mol. The molecule has 0 fully saturated rings. The molecule has 11 heteroatoms. The summed E-state index contributed by atoms with van der Waals surface area (Å²) in [6.45, 7) is 6.05. The number of fused-ring (bicyclic) bond motifs is 1. The van der Waals surface area contributed by atoms with Gasteiger partial charge in [0.15, 0.2) is 0 Å². The average molecular weight is 455 g/mol. The highest BCUT2D eigenvalue weighted by Crippen LogP contribution is 2.37. The van der Waals surface area contributed by atoms with Gasteiger partial charge in [0.2, 0.25) is 0 Å². The van der Waals surface area contributed by atoms with Crippen LogP contribution in [0.1, 0.15) is 57.2 Å². The van der Waals surface area contributed by atoms with E-state index in [-0.39, 0.29) is 28.3 Å². The lowest BCUT2D eigenvalue weighted by molar-refractivity contribution is 0.0595. The van der Waals surface area contributed by atoms with Crippen LogP contribution in [-0.4, -0.2) is 54.7 Å². The number of nitrogens with zero attached hydrogens (tertiary/aromatic N) is 3. The Morgan fingerprint density at radius 3 is 2.67 bits per heavy atom. The number of ether oxygens (including phenoxy) is 1. The zero-order valence-corrected chi connectivity index (χ0v) is 19.3. The van der Waals surface area contributed by atoms with E-state index in [0.717, 1.165) is 17.0 Å². The lowest BCUT2D eigenvalue weighted by Gasteiger charge is -2.27.